The Bertz CT molecular complexity index is 961. The molecule has 30 heavy (non-hydrogen) atoms. The van der Waals surface area contributed by atoms with Crippen molar-refractivity contribution in [2.45, 2.75) is 0 Å². The second-order valence-electron chi connectivity index (χ2n) is 6.79. The summed E-state index contributed by atoms with van der Waals surface area (Å²) >= 11 is 5.88. The normalized spacial score (nSPS) is 14.9. The van der Waals surface area contributed by atoms with E-state index in [4.69, 9.17) is 16.3 Å². The average molecular weight is 453 g/mol. The third kappa shape index (κ3) is 6.01. The lowest BCUT2D eigenvalue weighted by Crippen LogP contribution is -2.50. The van der Waals surface area contributed by atoms with Crippen molar-refractivity contribution in [3.8, 4) is 5.75 Å². The SMILES string of the molecule is COc1ccc(N2CCN(S(=O)(=O)CCNC(=O)Nc3cccc(Cl)c3)CC2)cc1. The van der Waals surface area contributed by atoms with Gasteiger partial charge in [-0.25, -0.2) is 13.2 Å². The van der Waals surface area contributed by atoms with Gasteiger partial charge in [-0.1, -0.05) is 17.7 Å². The molecule has 0 aliphatic carbocycles. The van der Waals surface area contributed by atoms with Gasteiger partial charge < -0.3 is 20.3 Å². The van der Waals surface area contributed by atoms with E-state index in [-0.39, 0.29) is 12.3 Å². The van der Waals surface area contributed by atoms with Gasteiger partial charge in [-0.05, 0) is 42.5 Å². The molecular weight excluding hydrogens is 428 g/mol. The van der Waals surface area contributed by atoms with Crippen LogP contribution in [-0.2, 0) is 10.0 Å². The molecule has 0 atom stereocenters. The number of sulfonamides is 1. The molecule has 1 aliphatic heterocycles. The van der Waals surface area contributed by atoms with E-state index in [1.54, 1.807) is 31.4 Å². The Morgan fingerprint density at radius 2 is 1.80 bits per heavy atom. The van der Waals surface area contributed by atoms with E-state index >= 15 is 0 Å². The second-order valence-corrected chi connectivity index (χ2v) is 9.32. The van der Waals surface area contributed by atoms with Gasteiger partial charge in [0.2, 0.25) is 10.0 Å². The third-order valence-corrected chi connectivity index (χ3v) is 6.90. The predicted molar refractivity (Wildman–Crippen MR) is 119 cm³/mol. The minimum Gasteiger partial charge on any atom is -0.497 e. The lowest BCUT2D eigenvalue weighted by atomic mass is 10.2. The number of nitrogens with zero attached hydrogens (tertiary/aromatic N) is 2. The summed E-state index contributed by atoms with van der Waals surface area (Å²) in [5.74, 6) is 0.630. The molecule has 1 fully saturated rings. The van der Waals surface area contributed by atoms with Gasteiger partial charge >= 0.3 is 6.03 Å². The maximum atomic E-state index is 12.6. The zero-order valence-corrected chi connectivity index (χ0v) is 18.2. The number of carbonyl (C=O) groups excluding carboxylic acids is 1. The standard InChI is InChI=1S/C20H25ClN4O4S/c1-29-19-7-5-18(6-8-19)24-10-12-25(13-11-24)30(27,28)14-9-22-20(26)23-17-4-2-3-16(21)15-17/h2-8,15H,9-14H2,1H3,(H2,22,23,26). The highest BCUT2D eigenvalue weighted by atomic mass is 35.5. The van der Waals surface area contributed by atoms with E-state index < -0.39 is 16.1 Å². The van der Waals surface area contributed by atoms with E-state index in [2.05, 4.69) is 15.5 Å². The number of urea groups is 1. The molecule has 8 nitrogen and oxygen atoms in total. The number of amides is 2. The van der Waals surface area contributed by atoms with Gasteiger partial charge in [0, 0.05) is 49.1 Å². The first-order chi connectivity index (χ1) is 14.4. The first-order valence-electron chi connectivity index (χ1n) is 9.54. The molecule has 1 aliphatic rings. The Balaban J connectivity index is 1.44. The van der Waals surface area contributed by atoms with Gasteiger partial charge in [0.25, 0.3) is 0 Å². The Labute approximate surface area is 181 Å². The van der Waals surface area contributed by atoms with Crippen LogP contribution in [0.15, 0.2) is 48.5 Å². The average Bonchev–Trinajstić information content (AvgIpc) is 2.74. The number of halogens is 1. The number of hydrogen-bond donors (Lipinski definition) is 2. The molecule has 1 saturated heterocycles. The van der Waals surface area contributed by atoms with Crippen LogP contribution >= 0.6 is 11.6 Å². The van der Waals surface area contributed by atoms with Gasteiger partial charge in [-0.15, -0.1) is 0 Å². The summed E-state index contributed by atoms with van der Waals surface area (Å²) in [6.45, 7) is 2.04. The molecule has 2 amide bonds. The van der Waals surface area contributed by atoms with Crippen LogP contribution in [-0.4, -0.2) is 64.3 Å². The smallest absolute Gasteiger partial charge is 0.319 e. The van der Waals surface area contributed by atoms with Gasteiger partial charge in [0.15, 0.2) is 0 Å². The van der Waals surface area contributed by atoms with Crippen LogP contribution in [0.5, 0.6) is 5.75 Å². The molecule has 162 valence electrons. The summed E-state index contributed by atoms with van der Waals surface area (Å²) in [6.07, 6.45) is 0. The highest BCUT2D eigenvalue weighted by Gasteiger charge is 2.26. The van der Waals surface area contributed by atoms with Crippen LogP contribution in [0, 0.1) is 0 Å². The minimum atomic E-state index is -3.45. The molecule has 1 heterocycles. The molecule has 10 heteroatoms. The van der Waals surface area contributed by atoms with Gasteiger partial charge in [-0.3, -0.25) is 0 Å². The van der Waals surface area contributed by atoms with Crippen molar-refractivity contribution in [3.05, 3.63) is 53.6 Å². The van der Waals surface area contributed by atoms with Crippen molar-refractivity contribution >= 4 is 39.0 Å². The molecule has 2 aromatic carbocycles. The quantitative estimate of drug-likeness (QED) is 0.673. The highest BCUT2D eigenvalue weighted by molar-refractivity contribution is 7.89. The maximum absolute atomic E-state index is 12.6. The Kier molecular flexibility index (Phi) is 7.41. The summed E-state index contributed by atoms with van der Waals surface area (Å²) in [4.78, 5) is 14.1. The fraction of sp³-hybridized carbons (Fsp3) is 0.350. The van der Waals surface area contributed by atoms with Crippen molar-refractivity contribution in [3.63, 3.8) is 0 Å². The topological polar surface area (TPSA) is 91.0 Å². The number of rotatable bonds is 7. The molecule has 3 rings (SSSR count). The summed E-state index contributed by atoms with van der Waals surface area (Å²) in [7, 11) is -1.83. The lowest BCUT2D eigenvalue weighted by Gasteiger charge is -2.35. The molecule has 2 N–H and O–H groups in total. The second kappa shape index (κ2) is 10.0. The fourth-order valence-corrected chi connectivity index (χ4v) is 4.71. The summed E-state index contributed by atoms with van der Waals surface area (Å²) in [5.41, 5.74) is 1.57. The van der Waals surface area contributed by atoms with Crippen LogP contribution in [0.4, 0.5) is 16.2 Å². The van der Waals surface area contributed by atoms with Crippen LogP contribution in [0.2, 0.25) is 5.02 Å². The van der Waals surface area contributed by atoms with Crippen molar-refractivity contribution in [1.82, 2.24) is 9.62 Å². The highest BCUT2D eigenvalue weighted by Crippen LogP contribution is 2.21. The van der Waals surface area contributed by atoms with Crippen molar-refractivity contribution in [2.75, 3.05) is 55.8 Å². The summed E-state index contributed by atoms with van der Waals surface area (Å²) in [6, 6.07) is 14.0. The van der Waals surface area contributed by atoms with Crippen LogP contribution in [0.1, 0.15) is 0 Å². The number of piperazine rings is 1. The van der Waals surface area contributed by atoms with Crippen molar-refractivity contribution in [2.24, 2.45) is 0 Å². The predicted octanol–water partition coefficient (Wildman–Crippen LogP) is 2.62. The summed E-state index contributed by atoms with van der Waals surface area (Å²) < 4.78 is 31.8. The monoisotopic (exact) mass is 452 g/mol. The Hall–Kier alpha value is -2.49. The number of methoxy groups -OCH3 is 1. The molecule has 0 bridgehead atoms. The minimum absolute atomic E-state index is 0.0213. The molecule has 2 aromatic rings. The number of nitrogens with one attached hydrogen (secondary N) is 2. The van der Waals surface area contributed by atoms with Gasteiger partial charge in [0.05, 0.1) is 12.9 Å². The number of ether oxygens (including phenoxy) is 1. The summed E-state index contributed by atoms with van der Waals surface area (Å²) in [5, 5.41) is 5.70. The number of anilines is 2. The number of hydrogen-bond acceptors (Lipinski definition) is 5. The fourth-order valence-electron chi connectivity index (χ4n) is 3.18. The number of benzene rings is 2. The lowest BCUT2D eigenvalue weighted by molar-refractivity contribution is 0.252. The van der Waals surface area contributed by atoms with E-state index in [9.17, 15) is 13.2 Å². The molecular formula is C20H25ClN4O4S. The van der Waals surface area contributed by atoms with E-state index in [0.29, 0.717) is 36.9 Å². The van der Waals surface area contributed by atoms with Crippen molar-refractivity contribution < 1.29 is 17.9 Å². The Morgan fingerprint density at radius 3 is 2.43 bits per heavy atom. The van der Waals surface area contributed by atoms with Gasteiger partial charge in [0.1, 0.15) is 5.75 Å². The molecule has 0 spiro atoms. The zero-order valence-electron chi connectivity index (χ0n) is 16.7. The molecule has 0 saturated carbocycles. The largest absolute Gasteiger partial charge is 0.497 e. The molecule has 0 unspecified atom stereocenters. The Morgan fingerprint density at radius 1 is 1.10 bits per heavy atom. The first-order valence-corrected chi connectivity index (χ1v) is 11.5. The zero-order chi connectivity index (χ0) is 21.6. The first kappa shape index (κ1) is 22.2. The maximum Gasteiger partial charge on any atom is 0.319 e. The van der Waals surface area contributed by atoms with Crippen LogP contribution < -0.4 is 20.3 Å². The molecule has 0 aromatic heterocycles. The number of carbonyl (C=O) groups is 1. The van der Waals surface area contributed by atoms with E-state index in [1.807, 2.05) is 24.3 Å². The van der Waals surface area contributed by atoms with Crippen molar-refractivity contribution in [1.29, 1.82) is 0 Å². The van der Waals surface area contributed by atoms with Crippen LogP contribution in [0.3, 0.4) is 0 Å². The van der Waals surface area contributed by atoms with E-state index in [0.717, 1.165) is 11.4 Å². The van der Waals surface area contributed by atoms with Gasteiger partial charge in [-0.2, -0.15) is 4.31 Å². The molecule has 0 radical (unpaired) electrons. The van der Waals surface area contributed by atoms with E-state index in [1.165, 1.54) is 4.31 Å². The third-order valence-electron chi connectivity index (χ3n) is 4.80. The van der Waals surface area contributed by atoms with Crippen LogP contribution in [0.25, 0.3) is 0 Å².